The zero-order valence-electron chi connectivity index (χ0n) is 15.5. The molecule has 0 heterocycles. The van der Waals surface area contributed by atoms with Crippen LogP contribution in [0.3, 0.4) is 0 Å². The van der Waals surface area contributed by atoms with Gasteiger partial charge in [0.25, 0.3) is 11.4 Å². The van der Waals surface area contributed by atoms with Crippen LogP contribution in [-0.4, -0.2) is 40.1 Å². The number of aromatic hydroxyl groups is 1. The number of nitrogens with zero attached hydrogens (tertiary/aromatic N) is 4. The fourth-order valence-electron chi connectivity index (χ4n) is 2.00. The van der Waals surface area contributed by atoms with Crippen LogP contribution >= 0.6 is 0 Å². The van der Waals surface area contributed by atoms with E-state index in [0.717, 1.165) is 0 Å². The number of guanidine groups is 1. The molecule has 2 aromatic carbocycles. The molecule has 0 aromatic heterocycles. The van der Waals surface area contributed by atoms with Crippen molar-refractivity contribution in [2.45, 2.75) is 0 Å². The van der Waals surface area contributed by atoms with Gasteiger partial charge in [0.15, 0.2) is 5.96 Å². The Bertz CT molecular complexity index is 969. The van der Waals surface area contributed by atoms with Crippen molar-refractivity contribution in [2.75, 3.05) is 14.2 Å². The van der Waals surface area contributed by atoms with Gasteiger partial charge in [-0.05, 0) is 12.1 Å². The lowest BCUT2D eigenvalue weighted by molar-refractivity contribution is -0.404. The number of nitrogens with two attached hydrogens (primary N) is 2. The predicted molar refractivity (Wildman–Crippen MR) is 103 cm³/mol. The highest BCUT2D eigenvalue weighted by Gasteiger charge is 2.30. The Morgan fingerprint density at radius 2 is 1.47 bits per heavy atom. The first-order valence-electron chi connectivity index (χ1n) is 7.63. The second-order valence-corrected chi connectivity index (χ2v) is 5.18. The number of benzene rings is 2. The highest BCUT2D eigenvalue weighted by molar-refractivity contribution is 5.80. The molecular weight excluding hydrogens is 408 g/mol. The predicted octanol–water partition coefficient (Wildman–Crippen LogP) is 1.73. The Hall–Kier alpha value is -4.69. The Kier molecular flexibility index (Phi) is 7.80. The molecule has 15 heteroatoms. The highest BCUT2D eigenvalue weighted by atomic mass is 16.6. The Morgan fingerprint density at radius 1 is 0.933 bits per heavy atom. The van der Waals surface area contributed by atoms with Crippen LogP contribution in [0.4, 0.5) is 22.7 Å². The van der Waals surface area contributed by atoms with Crippen LogP contribution in [0.25, 0.3) is 0 Å². The molecule has 0 saturated carbocycles. The van der Waals surface area contributed by atoms with Gasteiger partial charge in [-0.2, -0.15) is 0 Å². The molecule has 2 rings (SSSR count). The first-order chi connectivity index (χ1) is 14.0. The van der Waals surface area contributed by atoms with Gasteiger partial charge in [-0.25, -0.2) is 4.99 Å². The standard InChI is InChI=1S/C9H13N3O2.C6H3N3O7/c1-13-6-3-4-8(14-2)7(5-6)12-9(10)11;10-6-4(8(13)14)1-3(7(11)12)2-5(6)9(15)16/h3-5H,1-2H3,(H4,10,11,12);1-2,10H. The van der Waals surface area contributed by atoms with Crippen molar-refractivity contribution in [1.29, 1.82) is 0 Å². The number of nitro benzene ring substituents is 3. The summed E-state index contributed by atoms with van der Waals surface area (Å²) in [5.41, 5.74) is 8.09. The number of nitro groups is 3. The number of hydrogen-bond donors (Lipinski definition) is 3. The van der Waals surface area contributed by atoms with Crippen molar-refractivity contribution in [2.24, 2.45) is 16.5 Å². The third-order valence-electron chi connectivity index (χ3n) is 3.29. The summed E-state index contributed by atoms with van der Waals surface area (Å²) in [6, 6.07) is 6.09. The summed E-state index contributed by atoms with van der Waals surface area (Å²) in [6.07, 6.45) is 0. The van der Waals surface area contributed by atoms with Crippen LogP contribution in [0.1, 0.15) is 0 Å². The average Bonchev–Trinajstić information content (AvgIpc) is 2.67. The van der Waals surface area contributed by atoms with E-state index in [0.29, 0.717) is 29.3 Å². The molecule has 0 aliphatic heterocycles. The SMILES string of the molecule is COc1ccc(OC)c(N=C(N)N)c1.O=[N+]([O-])c1cc([N+](=O)[O-])c(O)c([N+](=O)[O-])c1. The van der Waals surface area contributed by atoms with Crippen molar-refractivity contribution in [3.05, 3.63) is 60.7 Å². The molecule has 2 aromatic rings. The van der Waals surface area contributed by atoms with Gasteiger partial charge in [0.2, 0.25) is 0 Å². The molecule has 0 fully saturated rings. The van der Waals surface area contributed by atoms with Crippen molar-refractivity contribution in [3.8, 4) is 17.2 Å². The maximum absolute atomic E-state index is 10.4. The molecule has 0 bridgehead atoms. The maximum atomic E-state index is 10.4. The largest absolute Gasteiger partial charge is 0.497 e. The van der Waals surface area contributed by atoms with Crippen molar-refractivity contribution >= 4 is 28.7 Å². The second-order valence-electron chi connectivity index (χ2n) is 5.18. The number of hydrogen-bond acceptors (Lipinski definition) is 10. The molecule has 0 radical (unpaired) electrons. The van der Waals surface area contributed by atoms with Crippen LogP contribution in [0, 0.1) is 30.3 Å². The first kappa shape index (κ1) is 23.3. The number of aliphatic imine (C=N–C) groups is 1. The first-order valence-corrected chi connectivity index (χ1v) is 7.63. The van der Waals surface area contributed by atoms with Gasteiger partial charge < -0.3 is 26.0 Å². The summed E-state index contributed by atoms with van der Waals surface area (Å²) in [5, 5.41) is 40.2. The average molecular weight is 424 g/mol. The Labute approximate surface area is 167 Å². The van der Waals surface area contributed by atoms with Gasteiger partial charge in [-0.15, -0.1) is 0 Å². The zero-order chi connectivity index (χ0) is 23.0. The van der Waals surface area contributed by atoms with E-state index < -0.39 is 37.6 Å². The molecular formula is C15H16N6O9. The Balaban J connectivity index is 0.000000303. The van der Waals surface area contributed by atoms with E-state index >= 15 is 0 Å². The molecule has 0 unspecified atom stereocenters. The number of ether oxygens (including phenoxy) is 2. The lowest BCUT2D eigenvalue weighted by Gasteiger charge is -2.06. The molecule has 0 spiro atoms. The zero-order valence-corrected chi connectivity index (χ0v) is 15.5. The molecule has 15 nitrogen and oxygen atoms in total. The molecule has 0 atom stereocenters. The summed E-state index contributed by atoms with van der Waals surface area (Å²) in [7, 11) is 3.12. The summed E-state index contributed by atoms with van der Waals surface area (Å²) < 4.78 is 10.1. The van der Waals surface area contributed by atoms with Crippen molar-refractivity contribution in [1.82, 2.24) is 0 Å². The molecule has 0 amide bonds. The van der Waals surface area contributed by atoms with E-state index in [-0.39, 0.29) is 5.96 Å². The minimum absolute atomic E-state index is 0.0171. The van der Waals surface area contributed by atoms with E-state index in [1.807, 2.05) is 0 Å². The molecule has 0 saturated heterocycles. The maximum Gasteiger partial charge on any atom is 0.324 e. The van der Waals surface area contributed by atoms with Crippen LogP contribution in [0.15, 0.2) is 35.3 Å². The van der Waals surface area contributed by atoms with Crippen LogP contribution in [0.2, 0.25) is 0 Å². The highest BCUT2D eigenvalue weighted by Crippen LogP contribution is 2.39. The van der Waals surface area contributed by atoms with Crippen molar-refractivity contribution < 1.29 is 29.4 Å². The fourth-order valence-corrected chi connectivity index (χ4v) is 2.00. The smallest absolute Gasteiger partial charge is 0.324 e. The van der Waals surface area contributed by atoms with Gasteiger partial charge in [0.1, 0.15) is 17.2 Å². The molecule has 5 N–H and O–H groups in total. The quantitative estimate of drug-likeness (QED) is 0.261. The van der Waals surface area contributed by atoms with Crippen molar-refractivity contribution in [3.63, 3.8) is 0 Å². The van der Waals surface area contributed by atoms with Crippen LogP contribution in [-0.2, 0) is 0 Å². The normalized spacial score (nSPS) is 9.53. The molecule has 0 aliphatic carbocycles. The van der Waals surface area contributed by atoms with Gasteiger partial charge in [0, 0.05) is 6.07 Å². The van der Waals surface area contributed by atoms with Crippen LogP contribution in [0.5, 0.6) is 17.2 Å². The van der Waals surface area contributed by atoms with Gasteiger partial charge >= 0.3 is 11.4 Å². The van der Waals surface area contributed by atoms with E-state index in [2.05, 4.69) is 4.99 Å². The van der Waals surface area contributed by atoms with Gasteiger partial charge in [-0.1, -0.05) is 0 Å². The minimum Gasteiger partial charge on any atom is -0.497 e. The molecule has 0 aliphatic rings. The monoisotopic (exact) mass is 424 g/mol. The second kappa shape index (κ2) is 10.0. The van der Waals surface area contributed by atoms with Gasteiger partial charge in [-0.3, -0.25) is 30.3 Å². The van der Waals surface area contributed by atoms with Crippen LogP contribution < -0.4 is 20.9 Å². The van der Waals surface area contributed by atoms with E-state index in [4.69, 9.17) is 26.0 Å². The number of phenols is 1. The number of non-ortho nitro benzene ring substituents is 1. The lowest BCUT2D eigenvalue weighted by Crippen LogP contribution is -2.21. The third kappa shape index (κ3) is 5.91. The topological polar surface area (TPSA) is 233 Å². The fraction of sp³-hybridized carbons (Fsp3) is 0.133. The number of methoxy groups -OCH3 is 2. The minimum atomic E-state index is -1.21. The summed E-state index contributed by atoms with van der Waals surface area (Å²) in [4.78, 5) is 31.7. The Morgan fingerprint density at radius 3 is 1.83 bits per heavy atom. The summed E-state index contributed by atoms with van der Waals surface area (Å²) >= 11 is 0. The molecule has 30 heavy (non-hydrogen) atoms. The van der Waals surface area contributed by atoms with E-state index in [1.165, 1.54) is 0 Å². The summed E-state index contributed by atoms with van der Waals surface area (Å²) in [5.74, 6) is 0.0437. The lowest BCUT2D eigenvalue weighted by atomic mass is 10.2. The number of phenolic OH excluding ortho intramolecular Hbond substituents is 1. The van der Waals surface area contributed by atoms with E-state index in [9.17, 15) is 30.3 Å². The summed E-state index contributed by atoms with van der Waals surface area (Å²) in [6.45, 7) is 0. The van der Waals surface area contributed by atoms with E-state index in [1.54, 1.807) is 32.4 Å². The molecule has 160 valence electrons. The van der Waals surface area contributed by atoms with Gasteiger partial charge in [0.05, 0.1) is 41.1 Å². The number of rotatable bonds is 6. The third-order valence-corrected chi connectivity index (χ3v) is 3.29.